The van der Waals surface area contributed by atoms with Gasteiger partial charge in [-0.3, -0.25) is 0 Å². The molecular formula is C14H23N3OS. The van der Waals surface area contributed by atoms with Crippen molar-refractivity contribution < 1.29 is 4.79 Å². The van der Waals surface area contributed by atoms with Crippen molar-refractivity contribution in [2.45, 2.75) is 26.3 Å². The molecule has 106 valence electrons. The van der Waals surface area contributed by atoms with Crippen molar-refractivity contribution in [1.82, 2.24) is 15.1 Å². The van der Waals surface area contributed by atoms with Crippen molar-refractivity contribution in [3.05, 3.63) is 22.4 Å². The number of urea groups is 1. The molecule has 4 nitrogen and oxygen atoms in total. The Morgan fingerprint density at radius 2 is 2.11 bits per heavy atom. The van der Waals surface area contributed by atoms with E-state index in [1.165, 1.54) is 4.88 Å². The Labute approximate surface area is 119 Å². The van der Waals surface area contributed by atoms with E-state index in [1.807, 2.05) is 11.0 Å². The summed E-state index contributed by atoms with van der Waals surface area (Å²) in [5, 5.41) is 5.21. The fourth-order valence-corrected chi connectivity index (χ4v) is 3.23. The average molecular weight is 281 g/mol. The first kappa shape index (κ1) is 14.3. The van der Waals surface area contributed by atoms with E-state index in [9.17, 15) is 4.79 Å². The number of thiophene rings is 1. The van der Waals surface area contributed by atoms with Gasteiger partial charge in [-0.1, -0.05) is 19.9 Å². The maximum atomic E-state index is 12.3. The Bertz CT molecular complexity index is 385. The molecule has 2 heterocycles. The van der Waals surface area contributed by atoms with Gasteiger partial charge in [0, 0.05) is 31.1 Å². The molecule has 0 aliphatic carbocycles. The SMILES string of the molecule is CCC(NC(=O)N1CCN(CC)CC1)c1cccs1. The highest BCUT2D eigenvalue weighted by molar-refractivity contribution is 7.10. The highest BCUT2D eigenvalue weighted by Crippen LogP contribution is 2.21. The second-order valence-corrected chi connectivity index (χ2v) is 5.83. The van der Waals surface area contributed by atoms with Crippen LogP contribution in [0, 0.1) is 0 Å². The van der Waals surface area contributed by atoms with Gasteiger partial charge < -0.3 is 15.1 Å². The number of piperazine rings is 1. The minimum Gasteiger partial charge on any atom is -0.330 e. The largest absolute Gasteiger partial charge is 0.330 e. The number of likely N-dealkylation sites (N-methyl/N-ethyl adjacent to an activating group) is 1. The molecule has 1 atom stereocenters. The monoisotopic (exact) mass is 281 g/mol. The standard InChI is InChI=1S/C14H23N3OS/c1-3-12(13-6-5-11-19-13)15-14(18)17-9-7-16(4-2)8-10-17/h5-6,11-12H,3-4,7-10H2,1-2H3,(H,15,18). The molecule has 1 aliphatic heterocycles. The fraction of sp³-hybridized carbons (Fsp3) is 0.643. The average Bonchev–Trinajstić information content (AvgIpc) is 2.98. The zero-order chi connectivity index (χ0) is 13.7. The Kier molecular flexibility index (Phi) is 5.22. The topological polar surface area (TPSA) is 35.6 Å². The molecule has 1 unspecified atom stereocenters. The Balaban J connectivity index is 1.87. The minimum atomic E-state index is 0.0796. The molecule has 1 N–H and O–H groups in total. The van der Waals surface area contributed by atoms with Crippen LogP contribution >= 0.6 is 11.3 Å². The van der Waals surface area contributed by atoms with Crippen molar-refractivity contribution in [3.63, 3.8) is 0 Å². The molecule has 0 aromatic carbocycles. The van der Waals surface area contributed by atoms with E-state index < -0.39 is 0 Å². The summed E-state index contributed by atoms with van der Waals surface area (Å²) >= 11 is 1.71. The lowest BCUT2D eigenvalue weighted by Gasteiger charge is -2.34. The van der Waals surface area contributed by atoms with Gasteiger partial charge in [-0.15, -0.1) is 11.3 Å². The third-order valence-corrected chi connectivity index (χ3v) is 4.69. The number of nitrogens with zero attached hydrogens (tertiary/aromatic N) is 2. The van der Waals surface area contributed by atoms with Crippen molar-refractivity contribution in [2.24, 2.45) is 0 Å². The van der Waals surface area contributed by atoms with Crippen LogP contribution in [-0.4, -0.2) is 48.6 Å². The molecule has 1 saturated heterocycles. The van der Waals surface area contributed by atoms with E-state index in [-0.39, 0.29) is 12.1 Å². The number of hydrogen-bond acceptors (Lipinski definition) is 3. The lowest BCUT2D eigenvalue weighted by atomic mass is 10.2. The van der Waals surface area contributed by atoms with Crippen LogP contribution in [0.2, 0.25) is 0 Å². The third-order valence-electron chi connectivity index (χ3n) is 3.70. The molecule has 1 aliphatic rings. The number of rotatable bonds is 4. The molecule has 0 bridgehead atoms. The number of nitrogens with one attached hydrogen (secondary N) is 1. The first-order valence-corrected chi connectivity index (χ1v) is 7.93. The molecule has 1 aromatic rings. The minimum absolute atomic E-state index is 0.0796. The van der Waals surface area contributed by atoms with E-state index in [0.29, 0.717) is 0 Å². The van der Waals surface area contributed by atoms with Crippen molar-refractivity contribution >= 4 is 17.4 Å². The summed E-state index contributed by atoms with van der Waals surface area (Å²) in [4.78, 5) is 17.8. The van der Waals surface area contributed by atoms with Gasteiger partial charge >= 0.3 is 6.03 Å². The van der Waals surface area contributed by atoms with Crippen LogP contribution in [0.4, 0.5) is 4.79 Å². The summed E-state index contributed by atoms with van der Waals surface area (Å²) in [6, 6.07) is 4.36. The Hall–Kier alpha value is -1.07. The van der Waals surface area contributed by atoms with Crippen LogP contribution in [0.3, 0.4) is 0 Å². The van der Waals surface area contributed by atoms with Crippen LogP contribution in [0.25, 0.3) is 0 Å². The maximum Gasteiger partial charge on any atom is 0.317 e. The van der Waals surface area contributed by atoms with Crippen molar-refractivity contribution in [3.8, 4) is 0 Å². The van der Waals surface area contributed by atoms with Crippen LogP contribution in [0.15, 0.2) is 17.5 Å². The number of carbonyl (C=O) groups is 1. The third kappa shape index (κ3) is 3.70. The summed E-state index contributed by atoms with van der Waals surface area (Å²) in [5.41, 5.74) is 0. The normalized spacial score (nSPS) is 18.3. The lowest BCUT2D eigenvalue weighted by molar-refractivity contribution is 0.140. The van der Waals surface area contributed by atoms with Gasteiger partial charge in [-0.2, -0.15) is 0 Å². The highest BCUT2D eigenvalue weighted by atomic mass is 32.1. The molecule has 2 amide bonds. The van der Waals surface area contributed by atoms with Gasteiger partial charge in [0.2, 0.25) is 0 Å². The molecule has 0 radical (unpaired) electrons. The molecule has 2 rings (SSSR count). The molecule has 1 fully saturated rings. The lowest BCUT2D eigenvalue weighted by Crippen LogP contribution is -2.52. The summed E-state index contributed by atoms with van der Waals surface area (Å²) in [6.07, 6.45) is 0.932. The van der Waals surface area contributed by atoms with Gasteiger partial charge in [0.15, 0.2) is 0 Å². The molecule has 1 aromatic heterocycles. The molecule has 5 heteroatoms. The highest BCUT2D eigenvalue weighted by Gasteiger charge is 2.22. The van der Waals surface area contributed by atoms with E-state index in [2.05, 4.69) is 35.5 Å². The number of carbonyl (C=O) groups excluding carboxylic acids is 1. The Morgan fingerprint density at radius 1 is 1.37 bits per heavy atom. The smallest absolute Gasteiger partial charge is 0.317 e. The quantitative estimate of drug-likeness (QED) is 0.920. The summed E-state index contributed by atoms with van der Waals surface area (Å²) < 4.78 is 0. The van der Waals surface area contributed by atoms with Gasteiger partial charge in [0.25, 0.3) is 0 Å². The molecule has 19 heavy (non-hydrogen) atoms. The first-order valence-electron chi connectivity index (χ1n) is 7.05. The predicted molar refractivity (Wildman–Crippen MR) is 79.6 cm³/mol. The van der Waals surface area contributed by atoms with Crippen LogP contribution in [0.5, 0.6) is 0 Å². The second-order valence-electron chi connectivity index (χ2n) is 4.85. The molecular weight excluding hydrogens is 258 g/mol. The second kappa shape index (κ2) is 6.91. The van der Waals surface area contributed by atoms with Crippen LogP contribution in [0.1, 0.15) is 31.2 Å². The van der Waals surface area contributed by atoms with Crippen LogP contribution < -0.4 is 5.32 Å². The summed E-state index contributed by atoms with van der Waals surface area (Å²) in [6.45, 7) is 8.99. The number of amides is 2. The van der Waals surface area contributed by atoms with Gasteiger partial charge in [0.05, 0.1) is 6.04 Å². The van der Waals surface area contributed by atoms with Gasteiger partial charge in [-0.25, -0.2) is 4.79 Å². The van der Waals surface area contributed by atoms with E-state index in [0.717, 1.165) is 39.1 Å². The van der Waals surface area contributed by atoms with E-state index in [1.54, 1.807) is 11.3 Å². The molecule has 0 spiro atoms. The Morgan fingerprint density at radius 3 is 2.63 bits per heavy atom. The summed E-state index contributed by atoms with van der Waals surface area (Å²) in [5.74, 6) is 0. The first-order chi connectivity index (χ1) is 9.24. The van der Waals surface area contributed by atoms with Gasteiger partial charge in [-0.05, 0) is 24.4 Å². The predicted octanol–water partition coefficient (Wildman–Crippen LogP) is 2.55. The van der Waals surface area contributed by atoms with E-state index in [4.69, 9.17) is 0 Å². The van der Waals surface area contributed by atoms with Crippen LogP contribution in [-0.2, 0) is 0 Å². The zero-order valence-corrected chi connectivity index (χ0v) is 12.6. The van der Waals surface area contributed by atoms with Crippen molar-refractivity contribution in [2.75, 3.05) is 32.7 Å². The molecule has 0 saturated carbocycles. The van der Waals surface area contributed by atoms with E-state index >= 15 is 0 Å². The number of hydrogen-bond donors (Lipinski definition) is 1. The van der Waals surface area contributed by atoms with Crippen molar-refractivity contribution in [1.29, 1.82) is 0 Å². The fourth-order valence-electron chi connectivity index (χ4n) is 2.37. The zero-order valence-electron chi connectivity index (χ0n) is 11.8. The summed E-state index contributed by atoms with van der Waals surface area (Å²) in [7, 11) is 0. The van der Waals surface area contributed by atoms with Gasteiger partial charge in [0.1, 0.15) is 0 Å². The maximum absolute atomic E-state index is 12.3.